The monoisotopic (exact) mass is 255 g/mol. The fourth-order valence-corrected chi connectivity index (χ4v) is 2.92. The average Bonchev–Trinajstić information content (AvgIpc) is 2.92. The maximum atomic E-state index is 13.7. The maximum Gasteiger partial charge on any atom is 0.126 e. The van der Waals surface area contributed by atoms with Crippen LogP contribution in [0.15, 0.2) is 48.5 Å². The Kier molecular flexibility index (Phi) is 3.34. The van der Waals surface area contributed by atoms with E-state index in [2.05, 4.69) is 29.6 Å². The predicted octanol–water partition coefficient (Wildman–Crippen LogP) is 3.95. The SMILES string of the molecule is Cc1ccc(C2NCCC2c2ccccc2)cc1F. The molecule has 98 valence electrons. The van der Waals surface area contributed by atoms with Crippen LogP contribution in [-0.4, -0.2) is 6.54 Å². The van der Waals surface area contributed by atoms with E-state index in [0.29, 0.717) is 11.5 Å². The molecule has 0 aromatic heterocycles. The van der Waals surface area contributed by atoms with Crippen LogP contribution in [0, 0.1) is 12.7 Å². The van der Waals surface area contributed by atoms with Crippen LogP contribution >= 0.6 is 0 Å². The Morgan fingerprint density at radius 3 is 2.58 bits per heavy atom. The molecule has 19 heavy (non-hydrogen) atoms. The summed E-state index contributed by atoms with van der Waals surface area (Å²) in [4.78, 5) is 0. The zero-order chi connectivity index (χ0) is 13.2. The molecule has 1 fully saturated rings. The fourth-order valence-electron chi connectivity index (χ4n) is 2.92. The predicted molar refractivity (Wildman–Crippen MR) is 75.7 cm³/mol. The van der Waals surface area contributed by atoms with Gasteiger partial charge < -0.3 is 5.32 Å². The van der Waals surface area contributed by atoms with Crippen LogP contribution in [-0.2, 0) is 0 Å². The Bertz CT molecular complexity index is 565. The van der Waals surface area contributed by atoms with Crippen LogP contribution in [0.5, 0.6) is 0 Å². The zero-order valence-corrected chi connectivity index (χ0v) is 11.1. The molecule has 0 bridgehead atoms. The molecule has 2 aromatic carbocycles. The van der Waals surface area contributed by atoms with E-state index in [-0.39, 0.29) is 11.9 Å². The van der Waals surface area contributed by atoms with Crippen LogP contribution < -0.4 is 5.32 Å². The lowest BCUT2D eigenvalue weighted by Crippen LogP contribution is -2.17. The zero-order valence-electron chi connectivity index (χ0n) is 11.1. The first-order valence-electron chi connectivity index (χ1n) is 6.80. The molecule has 0 aliphatic carbocycles. The lowest BCUT2D eigenvalue weighted by atomic mass is 9.88. The highest BCUT2D eigenvalue weighted by Crippen LogP contribution is 2.37. The molecule has 1 heterocycles. The van der Waals surface area contributed by atoms with Gasteiger partial charge in [-0.3, -0.25) is 0 Å². The van der Waals surface area contributed by atoms with Crippen molar-refractivity contribution in [2.45, 2.75) is 25.3 Å². The fraction of sp³-hybridized carbons (Fsp3) is 0.294. The number of aryl methyl sites for hydroxylation is 1. The van der Waals surface area contributed by atoms with E-state index in [1.54, 1.807) is 13.0 Å². The van der Waals surface area contributed by atoms with Gasteiger partial charge in [-0.1, -0.05) is 42.5 Å². The van der Waals surface area contributed by atoms with Crippen LogP contribution in [0.3, 0.4) is 0 Å². The summed E-state index contributed by atoms with van der Waals surface area (Å²) in [6.07, 6.45) is 1.10. The van der Waals surface area contributed by atoms with Crippen molar-refractivity contribution in [3.05, 3.63) is 71.0 Å². The molecule has 1 nitrogen and oxygen atoms in total. The summed E-state index contributed by atoms with van der Waals surface area (Å²) in [7, 11) is 0. The molecule has 0 saturated carbocycles. The van der Waals surface area contributed by atoms with E-state index >= 15 is 0 Å². The molecule has 1 N–H and O–H groups in total. The molecule has 2 heteroatoms. The highest BCUT2D eigenvalue weighted by atomic mass is 19.1. The lowest BCUT2D eigenvalue weighted by molar-refractivity contribution is 0.564. The first-order valence-corrected chi connectivity index (χ1v) is 6.80. The molecule has 2 atom stereocenters. The minimum absolute atomic E-state index is 0.113. The standard InChI is InChI=1S/C17H18FN/c1-12-7-8-14(11-16(12)18)17-15(9-10-19-17)13-5-3-2-4-6-13/h2-8,11,15,17,19H,9-10H2,1H3. The lowest BCUT2D eigenvalue weighted by Gasteiger charge is -2.20. The van der Waals surface area contributed by atoms with Crippen molar-refractivity contribution < 1.29 is 4.39 Å². The van der Waals surface area contributed by atoms with Crippen molar-refractivity contribution in [1.82, 2.24) is 5.32 Å². The van der Waals surface area contributed by atoms with E-state index in [4.69, 9.17) is 0 Å². The molecule has 0 amide bonds. The third kappa shape index (κ3) is 2.41. The van der Waals surface area contributed by atoms with Crippen molar-refractivity contribution in [3.63, 3.8) is 0 Å². The molecular formula is C17H18FN. The molecule has 1 aliphatic rings. The summed E-state index contributed by atoms with van der Waals surface area (Å²) >= 11 is 0. The van der Waals surface area contributed by atoms with Crippen LogP contribution in [0.1, 0.15) is 35.1 Å². The van der Waals surface area contributed by atoms with Crippen molar-refractivity contribution in [2.75, 3.05) is 6.54 Å². The quantitative estimate of drug-likeness (QED) is 0.856. The third-order valence-electron chi connectivity index (χ3n) is 4.00. The van der Waals surface area contributed by atoms with Gasteiger partial charge in [-0.25, -0.2) is 4.39 Å². The molecule has 3 rings (SSSR count). The van der Waals surface area contributed by atoms with Gasteiger partial charge >= 0.3 is 0 Å². The normalized spacial score (nSPS) is 22.6. The second-order valence-electron chi connectivity index (χ2n) is 5.25. The summed E-state index contributed by atoms with van der Waals surface area (Å²) < 4.78 is 13.7. The number of hydrogen-bond donors (Lipinski definition) is 1. The Hall–Kier alpha value is -1.67. The van der Waals surface area contributed by atoms with Gasteiger partial charge in [0.2, 0.25) is 0 Å². The van der Waals surface area contributed by atoms with E-state index in [0.717, 1.165) is 18.5 Å². The van der Waals surface area contributed by atoms with Gasteiger partial charge in [-0.15, -0.1) is 0 Å². The van der Waals surface area contributed by atoms with Gasteiger partial charge in [0.15, 0.2) is 0 Å². The van der Waals surface area contributed by atoms with E-state index in [9.17, 15) is 4.39 Å². The molecule has 2 aromatic rings. The summed E-state index contributed by atoms with van der Waals surface area (Å²) in [5, 5.41) is 3.50. The second-order valence-corrected chi connectivity index (χ2v) is 5.25. The molecule has 0 spiro atoms. The smallest absolute Gasteiger partial charge is 0.126 e. The van der Waals surface area contributed by atoms with Gasteiger partial charge in [0.05, 0.1) is 0 Å². The maximum absolute atomic E-state index is 13.7. The molecule has 1 aliphatic heterocycles. The average molecular weight is 255 g/mol. The van der Waals surface area contributed by atoms with Gasteiger partial charge in [0, 0.05) is 12.0 Å². The van der Waals surface area contributed by atoms with Crippen LogP contribution in [0.4, 0.5) is 4.39 Å². The van der Waals surface area contributed by atoms with Gasteiger partial charge in [-0.2, -0.15) is 0 Å². The third-order valence-corrected chi connectivity index (χ3v) is 4.00. The van der Waals surface area contributed by atoms with Crippen molar-refractivity contribution >= 4 is 0 Å². The first-order chi connectivity index (χ1) is 9.25. The Morgan fingerprint density at radius 2 is 1.84 bits per heavy atom. The number of benzene rings is 2. The molecule has 0 radical (unpaired) electrons. The van der Waals surface area contributed by atoms with E-state index in [1.807, 2.05) is 18.2 Å². The first kappa shape index (κ1) is 12.4. The van der Waals surface area contributed by atoms with Crippen molar-refractivity contribution in [3.8, 4) is 0 Å². The van der Waals surface area contributed by atoms with E-state index < -0.39 is 0 Å². The molecule has 2 unspecified atom stereocenters. The van der Waals surface area contributed by atoms with Crippen LogP contribution in [0.25, 0.3) is 0 Å². The largest absolute Gasteiger partial charge is 0.309 e. The van der Waals surface area contributed by atoms with Gasteiger partial charge in [-0.05, 0) is 42.6 Å². The second kappa shape index (κ2) is 5.14. The number of nitrogens with one attached hydrogen (secondary N) is 1. The highest BCUT2D eigenvalue weighted by Gasteiger charge is 2.29. The summed E-state index contributed by atoms with van der Waals surface area (Å²) in [6.45, 7) is 2.79. The number of hydrogen-bond acceptors (Lipinski definition) is 1. The molecular weight excluding hydrogens is 237 g/mol. The number of rotatable bonds is 2. The van der Waals surface area contributed by atoms with Crippen LogP contribution in [0.2, 0.25) is 0 Å². The minimum Gasteiger partial charge on any atom is -0.309 e. The summed E-state index contributed by atoms with van der Waals surface area (Å²) in [5.74, 6) is 0.321. The Labute approximate surface area is 113 Å². The van der Waals surface area contributed by atoms with Crippen molar-refractivity contribution in [2.24, 2.45) is 0 Å². The number of halogens is 1. The van der Waals surface area contributed by atoms with E-state index in [1.165, 1.54) is 5.56 Å². The minimum atomic E-state index is -0.113. The van der Waals surface area contributed by atoms with Crippen molar-refractivity contribution in [1.29, 1.82) is 0 Å². The molecule has 1 saturated heterocycles. The topological polar surface area (TPSA) is 12.0 Å². The van der Waals surface area contributed by atoms with Gasteiger partial charge in [0.25, 0.3) is 0 Å². The highest BCUT2D eigenvalue weighted by molar-refractivity contribution is 5.32. The Morgan fingerprint density at radius 1 is 1.05 bits per heavy atom. The Balaban J connectivity index is 1.93. The van der Waals surface area contributed by atoms with Gasteiger partial charge in [0.1, 0.15) is 5.82 Å². The summed E-state index contributed by atoms with van der Waals surface area (Å²) in [5.41, 5.74) is 3.09. The summed E-state index contributed by atoms with van der Waals surface area (Å²) in [6, 6.07) is 16.3.